The maximum absolute atomic E-state index is 14.0. The van der Waals surface area contributed by atoms with Gasteiger partial charge in [-0.1, -0.05) is 32.0 Å². The molecule has 1 amide bonds. The molecule has 0 spiro atoms. The summed E-state index contributed by atoms with van der Waals surface area (Å²) < 4.78 is 15.4. The molecule has 7 nitrogen and oxygen atoms in total. The fourth-order valence-electron chi connectivity index (χ4n) is 2.86. The van der Waals surface area contributed by atoms with Gasteiger partial charge in [0.1, 0.15) is 17.3 Å². The number of amides is 1. The third-order valence-electron chi connectivity index (χ3n) is 4.38. The van der Waals surface area contributed by atoms with E-state index in [4.69, 9.17) is 0 Å². The normalized spacial score (nSPS) is 11.1. The molecule has 0 atom stereocenters. The van der Waals surface area contributed by atoms with Crippen LogP contribution in [-0.4, -0.2) is 25.7 Å². The van der Waals surface area contributed by atoms with E-state index in [-0.39, 0.29) is 28.8 Å². The molecule has 0 radical (unpaired) electrons. The van der Waals surface area contributed by atoms with E-state index in [1.165, 1.54) is 40.3 Å². The summed E-state index contributed by atoms with van der Waals surface area (Å²) in [6, 6.07) is 12.6. The van der Waals surface area contributed by atoms with Gasteiger partial charge in [-0.2, -0.15) is 9.78 Å². The molecule has 0 aliphatic rings. The molecule has 152 valence electrons. The molecule has 0 aliphatic heterocycles. The van der Waals surface area contributed by atoms with Crippen LogP contribution in [0.5, 0.6) is 0 Å². The molecule has 1 aromatic carbocycles. The number of hydrogen-bond donors (Lipinski definition) is 2. The predicted octanol–water partition coefficient (Wildman–Crippen LogP) is 4.20. The minimum Gasteiger partial charge on any atom is -0.306 e. The van der Waals surface area contributed by atoms with Crippen LogP contribution in [0.1, 0.15) is 35.8 Å². The number of halogens is 1. The van der Waals surface area contributed by atoms with Gasteiger partial charge in [0.15, 0.2) is 0 Å². The van der Waals surface area contributed by atoms with Gasteiger partial charge in [0.05, 0.1) is 16.1 Å². The lowest BCUT2D eigenvalue weighted by atomic mass is 10.1. The first kappa shape index (κ1) is 19.7. The zero-order chi connectivity index (χ0) is 21.3. The third kappa shape index (κ3) is 3.92. The molecule has 0 unspecified atom stereocenters. The Morgan fingerprint density at radius 3 is 2.70 bits per heavy atom. The zero-order valence-electron chi connectivity index (χ0n) is 16.2. The van der Waals surface area contributed by atoms with Gasteiger partial charge in [-0.15, -0.1) is 11.3 Å². The average molecular weight is 423 g/mol. The van der Waals surface area contributed by atoms with Crippen LogP contribution in [-0.2, 0) is 0 Å². The van der Waals surface area contributed by atoms with E-state index in [1.54, 1.807) is 12.1 Å². The molecule has 0 aliphatic carbocycles. The van der Waals surface area contributed by atoms with Crippen molar-refractivity contribution in [3.63, 3.8) is 0 Å². The van der Waals surface area contributed by atoms with Crippen LogP contribution in [0.15, 0.2) is 58.7 Å². The Bertz CT molecular complexity index is 1260. The van der Waals surface area contributed by atoms with Gasteiger partial charge in [0, 0.05) is 12.1 Å². The number of aromatic nitrogens is 4. The Labute approximate surface area is 175 Å². The quantitative estimate of drug-likeness (QED) is 0.503. The molecule has 30 heavy (non-hydrogen) atoms. The highest BCUT2D eigenvalue weighted by molar-refractivity contribution is 7.13. The van der Waals surface area contributed by atoms with Gasteiger partial charge in [-0.3, -0.25) is 14.6 Å². The first-order valence-electron chi connectivity index (χ1n) is 9.24. The number of thiophene rings is 1. The molecule has 0 saturated heterocycles. The summed E-state index contributed by atoms with van der Waals surface area (Å²) in [4.78, 5) is 32.8. The van der Waals surface area contributed by atoms with Gasteiger partial charge in [0.2, 0.25) is 5.95 Å². The van der Waals surface area contributed by atoms with Crippen molar-refractivity contribution in [3.05, 3.63) is 81.3 Å². The van der Waals surface area contributed by atoms with Crippen LogP contribution in [0, 0.1) is 5.82 Å². The molecule has 3 heterocycles. The molecule has 4 rings (SSSR count). The van der Waals surface area contributed by atoms with E-state index in [9.17, 15) is 14.0 Å². The van der Waals surface area contributed by atoms with Crippen molar-refractivity contribution < 1.29 is 9.18 Å². The number of anilines is 1. The van der Waals surface area contributed by atoms with E-state index in [0.29, 0.717) is 11.4 Å². The molecular formula is C21H18FN5O2S. The van der Waals surface area contributed by atoms with E-state index in [2.05, 4.69) is 20.4 Å². The number of carbonyl (C=O) groups excluding carboxylic acids is 1. The van der Waals surface area contributed by atoms with Crippen molar-refractivity contribution in [2.24, 2.45) is 0 Å². The lowest BCUT2D eigenvalue weighted by Gasteiger charge is -2.10. The molecule has 9 heteroatoms. The Morgan fingerprint density at radius 1 is 1.20 bits per heavy atom. The standard InChI is InChI=1S/C21H18FN5O2S/c1-12(2)15-11-19(28)25-21(23-15)27-18(10-16(26-27)17-8-5-9-30-17)24-20(29)13-6-3-4-7-14(13)22/h3-12H,1-2H3,(H,24,29)(H,23,25,28). The second-order valence-electron chi connectivity index (χ2n) is 6.89. The Kier molecular flexibility index (Phi) is 5.28. The number of nitrogens with one attached hydrogen (secondary N) is 2. The Morgan fingerprint density at radius 2 is 2.00 bits per heavy atom. The maximum atomic E-state index is 14.0. The van der Waals surface area contributed by atoms with E-state index < -0.39 is 11.7 Å². The van der Waals surface area contributed by atoms with Crippen LogP contribution < -0.4 is 10.9 Å². The van der Waals surface area contributed by atoms with E-state index in [1.807, 2.05) is 31.4 Å². The third-order valence-corrected chi connectivity index (χ3v) is 5.28. The van der Waals surface area contributed by atoms with Gasteiger partial charge in [-0.25, -0.2) is 9.37 Å². The monoisotopic (exact) mass is 423 g/mol. The van der Waals surface area contributed by atoms with E-state index >= 15 is 0 Å². The Balaban J connectivity index is 1.81. The lowest BCUT2D eigenvalue weighted by molar-refractivity contribution is 0.102. The first-order chi connectivity index (χ1) is 14.4. The summed E-state index contributed by atoms with van der Waals surface area (Å²) >= 11 is 1.48. The second-order valence-corrected chi connectivity index (χ2v) is 7.83. The van der Waals surface area contributed by atoms with Crippen LogP contribution >= 0.6 is 11.3 Å². The summed E-state index contributed by atoms with van der Waals surface area (Å²) in [5.74, 6) is -0.814. The number of benzene rings is 1. The van der Waals surface area contributed by atoms with Crippen molar-refractivity contribution >= 4 is 23.1 Å². The fourth-order valence-corrected chi connectivity index (χ4v) is 3.55. The summed E-state index contributed by atoms with van der Waals surface area (Å²) in [7, 11) is 0. The minimum atomic E-state index is -0.632. The molecule has 2 N–H and O–H groups in total. The summed E-state index contributed by atoms with van der Waals surface area (Å²) in [6.45, 7) is 3.85. The van der Waals surface area contributed by atoms with Crippen LogP contribution in [0.3, 0.4) is 0 Å². The number of rotatable bonds is 5. The smallest absolute Gasteiger partial charge is 0.259 e. The van der Waals surface area contributed by atoms with E-state index in [0.717, 1.165) is 4.88 Å². The van der Waals surface area contributed by atoms with Gasteiger partial charge in [0.25, 0.3) is 11.5 Å². The van der Waals surface area contributed by atoms with Crippen molar-refractivity contribution in [3.8, 4) is 16.5 Å². The van der Waals surface area contributed by atoms with Gasteiger partial charge in [-0.05, 0) is 29.5 Å². The zero-order valence-corrected chi connectivity index (χ0v) is 17.0. The number of hydrogen-bond acceptors (Lipinski definition) is 5. The van der Waals surface area contributed by atoms with Gasteiger partial charge >= 0.3 is 0 Å². The lowest BCUT2D eigenvalue weighted by Crippen LogP contribution is -2.20. The molecule has 0 fully saturated rings. The summed E-state index contributed by atoms with van der Waals surface area (Å²) in [5, 5.41) is 9.11. The van der Waals surface area contributed by atoms with Crippen LogP contribution in [0.2, 0.25) is 0 Å². The highest BCUT2D eigenvalue weighted by atomic mass is 32.1. The van der Waals surface area contributed by atoms with Crippen LogP contribution in [0.4, 0.5) is 10.2 Å². The topological polar surface area (TPSA) is 92.7 Å². The molecule has 0 saturated carbocycles. The van der Waals surface area contributed by atoms with Crippen molar-refractivity contribution in [2.75, 3.05) is 5.32 Å². The highest BCUT2D eigenvalue weighted by Gasteiger charge is 2.19. The number of nitrogens with zero attached hydrogens (tertiary/aromatic N) is 3. The van der Waals surface area contributed by atoms with Crippen LogP contribution in [0.25, 0.3) is 16.5 Å². The predicted molar refractivity (Wildman–Crippen MR) is 114 cm³/mol. The number of carbonyl (C=O) groups is 1. The molecule has 3 aromatic heterocycles. The average Bonchev–Trinajstić information content (AvgIpc) is 3.37. The maximum Gasteiger partial charge on any atom is 0.259 e. The van der Waals surface area contributed by atoms with Crippen molar-refractivity contribution in [1.82, 2.24) is 19.7 Å². The molecular weight excluding hydrogens is 405 g/mol. The first-order valence-corrected chi connectivity index (χ1v) is 10.1. The SMILES string of the molecule is CC(C)c1cc(=O)[nH]c(-n2nc(-c3cccs3)cc2NC(=O)c2ccccc2F)n1. The number of aromatic amines is 1. The second kappa shape index (κ2) is 8.03. The summed E-state index contributed by atoms with van der Waals surface area (Å²) in [5.41, 5.74) is 0.753. The van der Waals surface area contributed by atoms with Crippen molar-refractivity contribution in [1.29, 1.82) is 0 Å². The summed E-state index contributed by atoms with van der Waals surface area (Å²) in [6.07, 6.45) is 0. The number of H-pyrrole nitrogens is 1. The minimum absolute atomic E-state index is 0.0230. The molecule has 0 bridgehead atoms. The fraction of sp³-hybridized carbons (Fsp3) is 0.143. The Hall–Kier alpha value is -3.59. The highest BCUT2D eigenvalue weighted by Crippen LogP contribution is 2.28. The largest absolute Gasteiger partial charge is 0.306 e. The molecule has 4 aromatic rings. The van der Waals surface area contributed by atoms with Crippen molar-refractivity contribution in [2.45, 2.75) is 19.8 Å². The van der Waals surface area contributed by atoms with Gasteiger partial charge < -0.3 is 5.32 Å².